The second-order valence-corrected chi connectivity index (χ2v) is 6.76. The highest BCUT2D eigenvalue weighted by atomic mass is 16.4. The minimum absolute atomic E-state index is 0.286. The van der Waals surface area contributed by atoms with Gasteiger partial charge < -0.3 is 15.3 Å². The summed E-state index contributed by atoms with van der Waals surface area (Å²) in [4.78, 5) is 13.6. The Balaban J connectivity index is 1.76. The molecule has 1 atom stereocenters. The predicted octanol–water partition coefficient (Wildman–Crippen LogP) is 2.35. The van der Waals surface area contributed by atoms with E-state index in [9.17, 15) is 9.90 Å². The van der Waals surface area contributed by atoms with E-state index in [2.05, 4.69) is 17.3 Å². The summed E-state index contributed by atoms with van der Waals surface area (Å²) in [5, 5.41) is 17.6. The van der Waals surface area contributed by atoms with E-state index in [0.717, 1.165) is 37.6 Å². The van der Waals surface area contributed by atoms with Crippen LogP contribution in [0.3, 0.4) is 0 Å². The molecule has 3 heterocycles. The zero-order valence-corrected chi connectivity index (χ0v) is 13.8. The third-order valence-electron chi connectivity index (χ3n) is 5.03. The van der Waals surface area contributed by atoms with Crippen molar-refractivity contribution in [2.75, 3.05) is 32.0 Å². The smallest absolute Gasteiger partial charge is 0.335 e. The first-order valence-electron chi connectivity index (χ1n) is 8.51. The van der Waals surface area contributed by atoms with E-state index in [4.69, 9.17) is 5.10 Å². The van der Waals surface area contributed by atoms with E-state index in [1.165, 1.54) is 24.1 Å². The number of hydrogen-bond donors (Lipinski definition) is 2. The van der Waals surface area contributed by atoms with Gasteiger partial charge >= 0.3 is 5.97 Å². The molecule has 0 saturated carbocycles. The van der Waals surface area contributed by atoms with Crippen LogP contribution in [0.4, 0.5) is 5.82 Å². The molecule has 0 aliphatic carbocycles. The lowest BCUT2D eigenvalue weighted by Gasteiger charge is -2.29. The van der Waals surface area contributed by atoms with Crippen molar-refractivity contribution in [3.05, 3.63) is 41.1 Å². The molecule has 2 aliphatic rings. The van der Waals surface area contributed by atoms with Crippen LogP contribution in [-0.2, 0) is 6.42 Å². The molecule has 0 amide bonds. The largest absolute Gasteiger partial charge is 0.478 e. The van der Waals surface area contributed by atoms with Gasteiger partial charge in [0, 0.05) is 24.6 Å². The standard InChI is InChI=1S/C18H22N4O2/c1-21-9-3-5-13(11-21)16-15-7-8-19-17(15)22(20-16)14-6-2-4-12(10-14)18(23)24/h2,4,6,10,13,19H,3,5,7-9,11H2,1H3,(H,23,24). The van der Waals surface area contributed by atoms with Gasteiger partial charge in [-0.2, -0.15) is 5.10 Å². The number of fused-ring (bicyclic) bond motifs is 1. The summed E-state index contributed by atoms with van der Waals surface area (Å²) < 4.78 is 1.89. The van der Waals surface area contributed by atoms with Crippen molar-refractivity contribution in [3.63, 3.8) is 0 Å². The quantitative estimate of drug-likeness (QED) is 0.906. The molecule has 126 valence electrons. The number of aromatic carboxylic acids is 1. The second-order valence-electron chi connectivity index (χ2n) is 6.76. The van der Waals surface area contributed by atoms with Gasteiger partial charge in [0.15, 0.2) is 0 Å². The van der Waals surface area contributed by atoms with Crippen molar-refractivity contribution in [1.82, 2.24) is 14.7 Å². The van der Waals surface area contributed by atoms with Gasteiger partial charge in [-0.3, -0.25) is 0 Å². The molecular weight excluding hydrogens is 304 g/mol. The Morgan fingerprint density at radius 2 is 2.29 bits per heavy atom. The minimum Gasteiger partial charge on any atom is -0.478 e. The van der Waals surface area contributed by atoms with E-state index in [1.54, 1.807) is 18.2 Å². The number of piperidine rings is 1. The SMILES string of the molecule is CN1CCCC(c2nn(-c3cccc(C(=O)O)c3)c3c2CCN3)C1. The van der Waals surface area contributed by atoms with Crippen LogP contribution in [0.2, 0.25) is 0 Å². The van der Waals surface area contributed by atoms with E-state index in [1.807, 2.05) is 10.7 Å². The molecule has 1 saturated heterocycles. The summed E-state index contributed by atoms with van der Waals surface area (Å²) in [6.45, 7) is 3.11. The maximum Gasteiger partial charge on any atom is 0.335 e. The van der Waals surface area contributed by atoms with Crippen LogP contribution < -0.4 is 5.32 Å². The average Bonchev–Trinajstić information content (AvgIpc) is 3.17. The molecule has 6 heteroatoms. The van der Waals surface area contributed by atoms with Gasteiger partial charge in [-0.05, 0) is 51.1 Å². The normalized spacial score (nSPS) is 20.6. The van der Waals surface area contributed by atoms with Crippen LogP contribution in [0.5, 0.6) is 0 Å². The van der Waals surface area contributed by atoms with Gasteiger partial charge in [-0.1, -0.05) is 6.07 Å². The summed E-state index contributed by atoms with van der Waals surface area (Å²) in [5.74, 6) is 0.574. The van der Waals surface area contributed by atoms with E-state index < -0.39 is 5.97 Å². The fourth-order valence-electron chi connectivity index (χ4n) is 3.88. The van der Waals surface area contributed by atoms with Crippen LogP contribution in [-0.4, -0.2) is 52.4 Å². The van der Waals surface area contributed by atoms with Gasteiger partial charge in [0.2, 0.25) is 0 Å². The Morgan fingerprint density at radius 1 is 1.42 bits per heavy atom. The van der Waals surface area contributed by atoms with Gasteiger partial charge in [0.05, 0.1) is 16.9 Å². The molecule has 1 aromatic heterocycles. The summed E-state index contributed by atoms with van der Waals surface area (Å²) in [7, 11) is 2.16. The highest BCUT2D eigenvalue weighted by Crippen LogP contribution is 2.36. The fourth-order valence-corrected chi connectivity index (χ4v) is 3.88. The maximum atomic E-state index is 11.3. The molecule has 0 radical (unpaired) electrons. The Hall–Kier alpha value is -2.34. The molecule has 4 rings (SSSR count). The fraction of sp³-hybridized carbons (Fsp3) is 0.444. The first-order chi connectivity index (χ1) is 11.6. The Morgan fingerprint density at radius 3 is 3.08 bits per heavy atom. The summed E-state index contributed by atoms with van der Waals surface area (Å²) in [6, 6.07) is 6.98. The monoisotopic (exact) mass is 326 g/mol. The second kappa shape index (κ2) is 5.94. The van der Waals surface area contributed by atoms with Crippen molar-refractivity contribution in [2.45, 2.75) is 25.2 Å². The van der Waals surface area contributed by atoms with Crippen molar-refractivity contribution in [1.29, 1.82) is 0 Å². The van der Waals surface area contributed by atoms with Crippen molar-refractivity contribution >= 4 is 11.8 Å². The average molecular weight is 326 g/mol. The molecule has 2 aliphatic heterocycles. The third kappa shape index (κ3) is 2.57. The molecule has 1 unspecified atom stereocenters. The van der Waals surface area contributed by atoms with Crippen LogP contribution in [0.15, 0.2) is 24.3 Å². The lowest BCUT2D eigenvalue weighted by molar-refractivity contribution is 0.0697. The summed E-state index contributed by atoms with van der Waals surface area (Å²) >= 11 is 0. The number of rotatable bonds is 3. The third-order valence-corrected chi connectivity index (χ3v) is 5.03. The number of anilines is 1. The number of nitrogens with zero attached hydrogens (tertiary/aromatic N) is 3. The van der Waals surface area contributed by atoms with Gasteiger partial charge in [0.25, 0.3) is 0 Å². The zero-order chi connectivity index (χ0) is 16.7. The first-order valence-corrected chi connectivity index (χ1v) is 8.51. The number of carbonyl (C=O) groups is 1. The first kappa shape index (κ1) is 15.2. The molecule has 1 fully saturated rings. The van der Waals surface area contributed by atoms with Crippen LogP contribution in [0.25, 0.3) is 5.69 Å². The number of benzene rings is 1. The van der Waals surface area contributed by atoms with Crippen LogP contribution in [0, 0.1) is 0 Å². The van der Waals surface area contributed by atoms with E-state index >= 15 is 0 Å². The van der Waals surface area contributed by atoms with Gasteiger partial charge in [0.1, 0.15) is 5.82 Å². The maximum absolute atomic E-state index is 11.3. The lowest BCUT2D eigenvalue weighted by atomic mass is 9.92. The van der Waals surface area contributed by atoms with Crippen LogP contribution in [0.1, 0.15) is 40.4 Å². The number of hydrogen-bond acceptors (Lipinski definition) is 4. The Kier molecular flexibility index (Phi) is 3.76. The van der Waals surface area contributed by atoms with Crippen molar-refractivity contribution in [3.8, 4) is 5.69 Å². The van der Waals surface area contributed by atoms with Crippen molar-refractivity contribution in [2.24, 2.45) is 0 Å². The lowest BCUT2D eigenvalue weighted by Crippen LogP contribution is -2.31. The number of carboxylic acids is 1. The molecule has 24 heavy (non-hydrogen) atoms. The summed E-state index contributed by atoms with van der Waals surface area (Å²) in [6.07, 6.45) is 3.36. The molecule has 2 aromatic rings. The topological polar surface area (TPSA) is 70.4 Å². The number of likely N-dealkylation sites (N-methyl/N-ethyl adjacent to an activating group) is 1. The molecule has 6 nitrogen and oxygen atoms in total. The van der Waals surface area contributed by atoms with Gasteiger partial charge in [-0.25, -0.2) is 9.48 Å². The predicted molar refractivity (Wildman–Crippen MR) is 92.2 cm³/mol. The zero-order valence-electron chi connectivity index (χ0n) is 13.8. The minimum atomic E-state index is -0.914. The summed E-state index contributed by atoms with van der Waals surface area (Å²) in [5.41, 5.74) is 3.57. The molecular formula is C18H22N4O2. The van der Waals surface area contributed by atoms with Gasteiger partial charge in [-0.15, -0.1) is 0 Å². The highest BCUT2D eigenvalue weighted by Gasteiger charge is 2.30. The molecule has 0 spiro atoms. The number of likely N-dealkylation sites (tertiary alicyclic amines) is 1. The number of carboxylic acid groups (broad SMARTS) is 1. The molecule has 2 N–H and O–H groups in total. The molecule has 1 aromatic carbocycles. The Labute approximate surface area is 141 Å². The van der Waals surface area contributed by atoms with Crippen molar-refractivity contribution < 1.29 is 9.90 Å². The van der Waals surface area contributed by atoms with E-state index in [0.29, 0.717) is 5.92 Å². The number of nitrogens with one attached hydrogen (secondary N) is 1. The number of aromatic nitrogens is 2. The van der Waals surface area contributed by atoms with Crippen LogP contribution >= 0.6 is 0 Å². The Bertz CT molecular complexity index is 783. The molecule has 0 bridgehead atoms. The highest BCUT2D eigenvalue weighted by molar-refractivity contribution is 5.88. The van der Waals surface area contributed by atoms with E-state index in [-0.39, 0.29) is 5.56 Å².